The lowest BCUT2D eigenvalue weighted by Crippen LogP contribution is -2.47. The molecule has 1 aromatic carbocycles. The number of hydrogen-bond donors (Lipinski definition) is 0. The fourth-order valence-corrected chi connectivity index (χ4v) is 4.48. The average molecular weight is 346 g/mol. The number of aldehydes is 1. The minimum atomic E-state index is -0.107. The van der Waals surface area contributed by atoms with E-state index in [1.54, 1.807) is 0 Å². The van der Waals surface area contributed by atoms with Gasteiger partial charge in [0.2, 0.25) is 0 Å². The van der Waals surface area contributed by atoms with E-state index in [-0.39, 0.29) is 11.8 Å². The Bertz CT molecular complexity index is 549. The molecule has 0 unspecified atom stereocenters. The van der Waals surface area contributed by atoms with Crippen molar-refractivity contribution in [2.45, 2.75) is 91.0 Å². The van der Waals surface area contributed by atoms with E-state index in [1.165, 1.54) is 0 Å². The van der Waals surface area contributed by atoms with Gasteiger partial charge in [-0.05, 0) is 43.7 Å². The summed E-state index contributed by atoms with van der Waals surface area (Å²) in [6, 6.07) is 8.28. The molecular weight excluding hydrogens is 310 g/mol. The Hall–Kier alpha value is -1.35. The molecule has 2 atom stereocenters. The Morgan fingerprint density at radius 1 is 1.16 bits per heavy atom. The zero-order valence-electron chi connectivity index (χ0n) is 16.6. The van der Waals surface area contributed by atoms with Crippen molar-refractivity contribution in [2.75, 3.05) is 4.90 Å². The van der Waals surface area contributed by atoms with Gasteiger partial charge in [-0.25, -0.2) is 0 Å². The van der Waals surface area contributed by atoms with E-state index in [0.29, 0.717) is 12.0 Å². The van der Waals surface area contributed by atoms with Crippen LogP contribution in [0.25, 0.3) is 0 Å². The van der Waals surface area contributed by atoms with Crippen molar-refractivity contribution in [1.29, 1.82) is 0 Å². The molecule has 0 saturated carbocycles. The van der Waals surface area contributed by atoms with Gasteiger partial charge in [0.05, 0.1) is 11.6 Å². The quantitative estimate of drug-likeness (QED) is 0.528. The van der Waals surface area contributed by atoms with Gasteiger partial charge in [0.1, 0.15) is 6.23 Å². The van der Waals surface area contributed by atoms with E-state index in [4.69, 9.17) is 4.74 Å². The van der Waals surface area contributed by atoms with Gasteiger partial charge >= 0.3 is 0 Å². The van der Waals surface area contributed by atoms with Crippen LogP contribution in [0.5, 0.6) is 0 Å². The molecule has 1 aliphatic heterocycles. The van der Waals surface area contributed by atoms with Crippen molar-refractivity contribution in [3.8, 4) is 0 Å². The normalized spacial score (nSPS) is 22.6. The Labute approximate surface area is 153 Å². The zero-order valence-corrected chi connectivity index (χ0v) is 16.6. The van der Waals surface area contributed by atoms with Gasteiger partial charge in [-0.1, -0.05) is 59.6 Å². The number of benzene rings is 1. The molecule has 1 aliphatic rings. The minimum Gasteiger partial charge on any atom is -0.350 e. The van der Waals surface area contributed by atoms with Crippen LogP contribution < -0.4 is 4.90 Å². The summed E-state index contributed by atoms with van der Waals surface area (Å²) >= 11 is 0. The maximum Gasteiger partial charge on any atom is 0.152 e. The second-order valence-electron chi connectivity index (χ2n) is 7.77. The monoisotopic (exact) mass is 345 g/mol. The van der Waals surface area contributed by atoms with Crippen molar-refractivity contribution < 1.29 is 9.53 Å². The van der Waals surface area contributed by atoms with E-state index in [2.05, 4.69) is 45.6 Å². The molecule has 0 N–H and O–H groups in total. The van der Waals surface area contributed by atoms with Gasteiger partial charge in [-0.3, -0.25) is 4.79 Å². The first kappa shape index (κ1) is 20.0. The number of para-hydroxylation sites is 1. The number of rotatable bonds is 9. The summed E-state index contributed by atoms with van der Waals surface area (Å²) < 4.78 is 6.77. The molecule has 0 aromatic heterocycles. The third kappa shape index (κ3) is 4.08. The fraction of sp³-hybridized carbons (Fsp3) is 0.682. The first-order valence-corrected chi connectivity index (χ1v) is 10.0. The van der Waals surface area contributed by atoms with Gasteiger partial charge < -0.3 is 9.64 Å². The number of carbonyl (C=O) groups is 1. The third-order valence-corrected chi connectivity index (χ3v) is 5.36. The van der Waals surface area contributed by atoms with Crippen LogP contribution >= 0.6 is 0 Å². The van der Waals surface area contributed by atoms with Gasteiger partial charge in [0, 0.05) is 11.3 Å². The summed E-state index contributed by atoms with van der Waals surface area (Å²) in [5, 5.41) is 0. The molecule has 140 valence electrons. The molecule has 2 rings (SSSR count). The van der Waals surface area contributed by atoms with Crippen LogP contribution in [0.15, 0.2) is 24.3 Å². The lowest BCUT2D eigenvalue weighted by Gasteiger charge is -2.38. The molecule has 0 radical (unpaired) electrons. The largest absolute Gasteiger partial charge is 0.350 e. The molecule has 0 amide bonds. The molecular formula is C22H35NO2. The van der Waals surface area contributed by atoms with Crippen LogP contribution in [-0.2, 0) is 4.74 Å². The SMILES string of the molecule is CCCC1(CCC)O[C@@H](CC)N(c2ccccc2C=O)[C@H]1CC(C)C. The lowest BCUT2D eigenvalue weighted by molar-refractivity contribution is -0.0615. The van der Waals surface area contributed by atoms with Crippen LogP contribution in [0.4, 0.5) is 5.69 Å². The smallest absolute Gasteiger partial charge is 0.152 e. The van der Waals surface area contributed by atoms with Crippen molar-refractivity contribution in [3.05, 3.63) is 29.8 Å². The van der Waals surface area contributed by atoms with Crippen LogP contribution in [0.2, 0.25) is 0 Å². The van der Waals surface area contributed by atoms with Crippen molar-refractivity contribution in [1.82, 2.24) is 0 Å². The van der Waals surface area contributed by atoms with E-state index >= 15 is 0 Å². The van der Waals surface area contributed by atoms with Crippen molar-refractivity contribution in [3.63, 3.8) is 0 Å². The zero-order chi connectivity index (χ0) is 18.4. The maximum absolute atomic E-state index is 11.7. The summed E-state index contributed by atoms with van der Waals surface area (Å²) in [7, 11) is 0. The Balaban J connectivity index is 2.54. The Morgan fingerprint density at radius 3 is 2.32 bits per heavy atom. The number of carbonyl (C=O) groups excluding carboxylic acids is 1. The summed E-state index contributed by atoms with van der Waals surface area (Å²) in [4.78, 5) is 14.1. The van der Waals surface area contributed by atoms with Gasteiger partial charge in [-0.2, -0.15) is 0 Å². The van der Waals surface area contributed by atoms with Gasteiger partial charge in [0.25, 0.3) is 0 Å². The number of anilines is 1. The highest BCUT2D eigenvalue weighted by Crippen LogP contribution is 2.46. The highest BCUT2D eigenvalue weighted by atomic mass is 16.5. The lowest BCUT2D eigenvalue weighted by atomic mass is 9.81. The van der Waals surface area contributed by atoms with Crippen LogP contribution in [0.1, 0.15) is 83.5 Å². The second-order valence-corrected chi connectivity index (χ2v) is 7.77. The molecule has 0 spiro atoms. The summed E-state index contributed by atoms with van der Waals surface area (Å²) in [6.07, 6.45) is 7.43. The standard InChI is InChI=1S/C22H35NO2/c1-6-13-22(14-7-2)20(15-17(4)5)23(21(8-3)25-22)19-12-10-9-11-18(19)16-24/h9-12,16-17,20-21H,6-8,13-15H2,1-5H3/t20-,21-/m0/s1. The average Bonchev–Trinajstić information content (AvgIpc) is 2.88. The molecule has 1 heterocycles. The second kappa shape index (κ2) is 8.84. The summed E-state index contributed by atoms with van der Waals surface area (Å²) in [5.41, 5.74) is 1.69. The first-order chi connectivity index (χ1) is 12.0. The number of hydrogen-bond acceptors (Lipinski definition) is 3. The van der Waals surface area contributed by atoms with Gasteiger partial charge in [-0.15, -0.1) is 0 Å². The topological polar surface area (TPSA) is 29.5 Å². The summed E-state index contributed by atoms with van der Waals surface area (Å²) in [5.74, 6) is 0.586. The molecule has 3 nitrogen and oxygen atoms in total. The molecule has 3 heteroatoms. The summed E-state index contributed by atoms with van der Waals surface area (Å²) in [6.45, 7) is 11.2. The highest BCUT2D eigenvalue weighted by Gasteiger charge is 2.51. The highest BCUT2D eigenvalue weighted by molar-refractivity contribution is 5.85. The predicted molar refractivity (Wildman–Crippen MR) is 105 cm³/mol. The van der Waals surface area contributed by atoms with E-state index in [1.807, 2.05) is 18.2 Å². The molecule has 1 saturated heterocycles. The van der Waals surface area contributed by atoms with Crippen LogP contribution in [0, 0.1) is 5.92 Å². The molecule has 25 heavy (non-hydrogen) atoms. The number of nitrogens with zero attached hydrogens (tertiary/aromatic N) is 1. The minimum absolute atomic E-state index is 0.0444. The maximum atomic E-state index is 11.7. The van der Waals surface area contributed by atoms with Gasteiger partial charge in [0.15, 0.2) is 6.29 Å². The van der Waals surface area contributed by atoms with E-state index in [0.717, 1.165) is 56.1 Å². The molecule has 0 bridgehead atoms. The van der Waals surface area contributed by atoms with Crippen LogP contribution in [0.3, 0.4) is 0 Å². The van der Waals surface area contributed by atoms with Crippen LogP contribution in [-0.4, -0.2) is 24.2 Å². The fourth-order valence-electron chi connectivity index (χ4n) is 4.48. The molecule has 1 aromatic rings. The Kier molecular flexibility index (Phi) is 7.06. The van der Waals surface area contributed by atoms with E-state index in [9.17, 15) is 4.79 Å². The first-order valence-electron chi connectivity index (χ1n) is 10.0. The molecule has 1 fully saturated rings. The predicted octanol–water partition coefficient (Wildman–Crippen LogP) is 5.83. The van der Waals surface area contributed by atoms with Crippen molar-refractivity contribution in [2.24, 2.45) is 5.92 Å². The Morgan fingerprint density at radius 2 is 1.80 bits per heavy atom. The van der Waals surface area contributed by atoms with Crippen molar-refractivity contribution >= 4 is 12.0 Å². The number of ether oxygens (including phenoxy) is 1. The third-order valence-electron chi connectivity index (χ3n) is 5.36. The molecule has 0 aliphatic carbocycles. The van der Waals surface area contributed by atoms with E-state index < -0.39 is 0 Å².